The molecule has 1 heterocycles. The summed E-state index contributed by atoms with van der Waals surface area (Å²) in [6.07, 6.45) is -1.67. The highest BCUT2D eigenvalue weighted by atomic mass is 16.6. The van der Waals surface area contributed by atoms with E-state index in [4.69, 9.17) is 9.84 Å². The molecule has 0 radical (unpaired) electrons. The van der Waals surface area contributed by atoms with Crippen molar-refractivity contribution >= 4 is 0 Å². The second-order valence-electron chi connectivity index (χ2n) is 5.03. The zero-order valence-electron chi connectivity index (χ0n) is 8.97. The molecular weight excluding hydrogens is 184 g/mol. The molecule has 4 atom stereocenters. The molecule has 0 aromatic carbocycles. The van der Waals surface area contributed by atoms with Crippen LogP contribution >= 0.6 is 0 Å². The van der Waals surface area contributed by atoms with Crippen LogP contribution in [0, 0.1) is 11.3 Å². The lowest BCUT2D eigenvalue weighted by molar-refractivity contribution is -0.250. The van der Waals surface area contributed by atoms with Gasteiger partial charge < -0.3 is 20.1 Å². The third-order valence-corrected chi connectivity index (χ3v) is 2.76. The Bertz CT molecular complexity index is 175. The molecule has 0 bridgehead atoms. The lowest BCUT2D eigenvalue weighted by atomic mass is 9.74. The molecule has 1 saturated heterocycles. The number of hydrogen-bond acceptors (Lipinski definition) is 4. The predicted octanol–water partition coefficient (Wildman–Crippen LogP) is 0.109. The molecule has 0 amide bonds. The number of ether oxygens (including phenoxy) is 1. The Morgan fingerprint density at radius 2 is 1.86 bits per heavy atom. The largest absolute Gasteiger partial charge is 0.394 e. The van der Waals surface area contributed by atoms with Gasteiger partial charge in [0.1, 0.15) is 0 Å². The molecule has 1 aliphatic heterocycles. The second kappa shape index (κ2) is 4.14. The van der Waals surface area contributed by atoms with E-state index < -0.39 is 18.5 Å². The van der Waals surface area contributed by atoms with Crippen LogP contribution in [0.3, 0.4) is 0 Å². The molecule has 3 unspecified atom stereocenters. The first-order chi connectivity index (χ1) is 6.36. The predicted molar refractivity (Wildman–Crippen MR) is 51.5 cm³/mol. The molecular formula is C10H20O4. The topological polar surface area (TPSA) is 69.9 Å². The summed E-state index contributed by atoms with van der Waals surface area (Å²) >= 11 is 0. The molecule has 14 heavy (non-hydrogen) atoms. The van der Waals surface area contributed by atoms with Crippen molar-refractivity contribution in [3.05, 3.63) is 0 Å². The lowest BCUT2D eigenvalue weighted by Crippen LogP contribution is -2.50. The van der Waals surface area contributed by atoms with Gasteiger partial charge in [-0.3, -0.25) is 0 Å². The van der Waals surface area contributed by atoms with Gasteiger partial charge in [-0.15, -0.1) is 0 Å². The van der Waals surface area contributed by atoms with Crippen molar-refractivity contribution in [1.29, 1.82) is 0 Å². The maximum absolute atomic E-state index is 9.83. The first-order valence-electron chi connectivity index (χ1n) is 4.98. The van der Waals surface area contributed by atoms with Crippen LogP contribution in [0.15, 0.2) is 0 Å². The van der Waals surface area contributed by atoms with Gasteiger partial charge in [0.2, 0.25) is 0 Å². The van der Waals surface area contributed by atoms with E-state index >= 15 is 0 Å². The van der Waals surface area contributed by atoms with Crippen molar-refractivity contribution < 1.29 is 20.1 Å². The van der Waals surface area contributed by atoms with Gasteiger partial charge in [-0.05, 0) is 5.41 Å². The Labute approximate surface area is 84.5 Å². The SMILES string of the molecule is CC(C)(C)[C@@H]1C(O)CC(CO)OC1O. The normalized spacial score (nSPS) is 39.9. The van der Waals surface area contributed by atoms with E-state index in [-0.39, 0.29) is 17.9 Å². The van der Waals surface area contributed by atoms with Crippen molar-refractivity contribution in [3.8, 4) is 0 Å². The highest BCUT2D eigenvalue weighted by Crippen LogP contribution is 2.37. The van der Waals surface area contributed by atoms with E-state index in [0.717, 1.165) is 0 Å². The fourth-order valence-electron chi connectivity index (χ4n) is 2.07. The molecule has 0 spiro atoms. The Kier molecular flexibility index (Phi) is 3.53. The zero-order valence-corrected chi connectivity index (χ0v) is 8.97. The number of rotatable bonds is 1. The summed E-state index contributed by atoms with van der Waals surface area (Å²) in [4.78, 5) is 0. The molecule has 0 aromatic rings. The van der Waals surface area contributed by atoms with Gasteiger partial charge in [0.15, 0.2) is 6.29 Å². The van der Waals surface area contributed by atoms with Crippen LogP contribution in [0.5, 0.6) is 0 Å². The molecule has 0 aromatic heterocycles. The van der Waals surface area contributed by atoms with E-state index in [1.165, 1.54) is 0 Å². The molecule has 1 rings (SSSR count). The molecule has 84 valence electrons. The van der Waals surface area contributed by atoms with Crippen molar-refractivity contribution in [2.45, 2.75) is 45.7 Å². The summed E-state index contributed by atoms with van der Waals surface area (Å²) in [6, 6.07) is 0. The third-order valence-electron chi connectivity index (χ3n) is 2.76. The number of hydrogen-bond donors (Lipinski definition) is 3. The Hall–Kier alpha value is -0.160. The molecule has 1 aliphatic rings. The van der Waals surface area contributed by atoms with Crippen LogP contribution in [-0.4, -0.2) is 40.4 Å². The quantitative estimate of drug-likeness (QED) is 0.567. The van der Waals surface area contributed by atoms with E-state index in [2.05, 4.69) is 0 Å². The smallest absolute Gasteiger partial charge is 0.160 e. The Morgan fingerprint density at radius 1 is 1.29 bits per heavy atom. The van der Waals surface area contributed by atoms with Crippen LogP contribution in [0.25, 0.3) is 0 Å². The van der Waals surface area contributed by atoms with Crippen LogP contribution in [0.1, 0.15) is 27.2 Å². The highest BCUT2D eigenvalue weighted by molar-refractivity contribution is 4.87. The highest BCUT2D eigenvalue weighted by Gasteiger charge is 2.43. The van der Waals surface area contributed by atoms with Gasteiger partial charge in [-0.2, -0.15) is 0 Å². The lowest BCUT2D eigenvalue weighted by Gasteiger charge is -2.43. The van der Waals surface area contributed by atoms with Gasteiger partial charge in [0, 0.05) is 12.3 Å². The molecule has 0 aliphatic carbocycles. The molecule has 3 N–H and O–H groups in total. The molecule has 1 fully saturated rings. The van der Waals surface area contributed by atoms with E-state index in [9.17, 15) is 10.2 Å². The fraction of sp³-hybridized carbons (Fsp3) is 1.00. The average molecular weight is 204 g/mol. The molecule has 0 saturated carbocycles. The van der Waals surface area contributed by atoms with Crippen molar-refractivity contribution in [1.82, 2.24) is 0 Å². The summed E-state index contributed by atoms with van der Waals surface area (Å²) in [5.41, 5.74) is -0.209. The van der Waals surface area contributed by atoms with Gasteiger partial charge in [-0.25, -0.2) is 0 Å². The third kappa shape index (κ3) is 2.45. The van der Waals surface area contributed by atoms with Crippen molar-refractivity contribution in [2.75, 3.05) is 6.61 Å². The van der Waals surface area contributed by atoms with Crippen molar-refractivity contribution in [3.63, 3.8) is 0 Å². The molecule has 4 heteroatoms. The van der Waals surface area contributed by atoms with Crippen LogP contribution in [0.4, 0.5) is 0 Å². The van der Waals surface area contributed by atoms with E-state index in [0.29, 0.717) is 6.42 Å². The minimum atomic E-state index is -0.990. The van der Waals surface area contributed by atoms with Gasteiger partial charge in [0.05, 0.1) is 18.8 Å². The number of aliphatic hydroxyl groups excluding tert-OH is 3. The summed E-state index contributed by atoms with van der Waals surface area (Å²) < 4.78 is 5.19. The monoisotopic (exact) mass is 204 g/mol. The number of aliphatic hydroxyl groups is 3. The van der Waals surface area contributed by atoms with E-state index in [1.54, 1.807) is 0 Å². The summed E-state index contributed by atoms with van der Waals surface area (Å²) in [6.45, 7) is 5.69. The van der Waals surface area contributed by atoms with Gasteiger partial charge >= 0.3 is 0 Å². The van der Waals surface area contributed by atoms with Crippen LogP contribution in [-0.2, 0) is 4.74 Å². The minimum absolute atomic E-state index is 0.162. The maximum atomic E-state index is 9.83. The van der Waals surface area contributed by atoms with Crippen LogP contribution < -0.4 is 0 Å². The minimum Gasteiger partial charge on any atom is -0.394 e. The van der Waals surface area contributed by atoms with E-state index in [1.807, 2.05) is 20.8 Å². The summed E-state index contributed by atoms with van der Waals surface area (Å²) in [7, 11) is 0. The standard InChI is InChI=1S/C10H20O4/c1-10(2,3)8-7(12)4-6(5-11)14-9(8)13/h6-9,11-13H,4-5H2,1-3H3/t6?,7?,8-,9?/m1/s1. The fourth-order valence-corrected chi connectivity index (χ4v) is 2.07. The Morgan fingerprint density at radius 3 is 2.21 bits per heavy atom. The summed E-state index contributed by atoms with van der Waals surface area (Å²) in [5.74, 6) is -0.301. The molecule has 4 nitrogen and oxygen atoms in total. The Balaban J connectivity index is 2.70. The first-order valence-corrected chi connectivity index (χ1v) is 4.98. The zero-order chi connectivity index (χ0) is 10.9. The maximum Gasteiger partial charge on any atom is 0.160 e. The van der Waals surface area contributed by atoms with Crippen LogP contribution in [0.2, 0.25) is 0 Å². The average Bonchev–Trinajstić information content (AvgIpc) is 1.99. The summed E-state index contributed by atoms with van der Waals surface area (Å²) in [5, 5.41) is 28.4. The van der Waals surface area contributed by atoms with Gasteiger partial charge in [-0.1, -0.05) is 20.8 Å². The van der Waals surface area contributed by atoms with Gasteiger partial charge in [0.25, 0.3) is 0 Å². The first kappa shape index (κ1) is 11.9. The second-order valence-corrected chi connectivity index (χ2v) is 5.03. The van der Waals surface area contributed by atoms with Crippen molar-refractivity contribution in [2.24, 2.45) is 11.3 Å².